The second-order valence-corrected chi connectivity index (χ2v) is 21.6. The molecular formula is C62H61ClN12O6. The molecule has 0 saturated heterocycles. The third kappa shape index (κ3) is 12.8. The monoisotopic (exact) mass is 1100 g/mol. The zero-order chi connectivity index (χ0) is 57.9. The molecule has 19 heteroatoms. The Kier molecular flexibility index (Phi) is 15.9. The van der Waals surface area contributed by atoms with Gasteiger partial charge in [-0.25, -0.2) is 33.7 Å². The molecule has 81 heavy (non-hydrogen) atoms. The van der Waals surface area contributed by atoms with E-state index >= 15 is 0 Å². The van der Waals surface area contributed by atoms with Crippen LogP contribution >= 0.6 is 11.6 Å². The number of halogens is 1. The van der Waals surface area contributed by atoms with E-state index in [1.807, 2.05) is 146 Å². The largest absolute Gasteiger partial charge is 0.443 e. The number of benzene rings is 3. The average Bonchev–Trinajstić information content (AvgIpc) is 4.48. The maximum absolute atomic E-state index is 13.2. The second-order valence-electron chi connectivity index (χ2n) is 21.2. The van der Waals surface area contributed by atoms with Gasteiger partial charge in [0.15, 0.2) is 11.3 Å². The van der Waals surface area contributed by atoms with Crippen molar-refractivity contribution in [1.29, 1.82) is 0 Å². The van der Waals surface area contributed by atoms with E-state index in [1.165, 1.54) is 24.1 Å². The van der Waals surface area contributed by atoms with Gasteiger partial charge in [-0.15, -0.1) is 0 Å². The van der Waals surface area contributed by atoms with Crippen LogP contribution in [-0.4, -0.2) is 83.8 Å². The molecule has 0 aliphatic rings. The van der Waals surface area contributed by atoms with Gasteiger partial charge >= 0.3 is 12.2 Å². The topological polar surface area (TPSA) is 211 Å². The Morgan fingerprint density at radius 2 is 0.926 bits per heavy atom. The summed E-state index contributed by atoms with van der Waals surface area (Å²) in [6.07, 6.45) is 2.14. The van der Waals surface area contributed by atoms with Crippen LogP contribution < -0.4 is 10.6 Å². The lowest BCUT2D eigenvalue weighted by Gasteiger charge is -2.21. The van der Waals surface area contributed by atoms with Gasteiger partial charge in [-0.05, 0) is 146 Å². The highest BCUT2D eigenvalue weighted by Crippen LogP contribution is 2.34. The van der Waals surface area contributed by atoms with Crippen molar-refractivity contribution >= 4 is 80.3 Å². The van der Waals surface area contributed by atoms with E-state index in [-0.39, 0.29) is 11.8 Å². The predicted octanol–water partition coefficient (Wildman–Crippen LogP) is 13.8. The SMILES string of the molecule is Cc1ccccc1-c1cc2ccc(Cl)nc2n1C(=O)OC(C)(C)C.Cc1ccccc1-c1cc2ccc(NC(=O)c3ccnn3C)nc2[nH]1.Cc1ccccc1-c1cc2ccc(NC(=O)c3ccnn3C)nc2n1C(=O)OC(C)(C)C. The minimum absolute atomic E-state index is 0.238. The number of hydrogen-bond donors (Lipinski definition) is 3. The first-order valence-corrected chi connectivity index (χ1v) is 26.3. The number of aromatic amines is 1. The zero-order valence-electron chi connectivity index (χ0n) is 46.8. The lowest BCUT2D eigenvalue weighted by atomic mass is 10.1. The van der Waals surface area contributed by atoms with Gasteiger partial charge in [-0.1, -0.05) is 84.4 Å². The smallest absolute Gasteiger partial charge is 0.420 e. The number of carbonyl (C=O) groups excluding carboxylic acids is 4. The summed E-state index contributed by atoms with van der Waals surface area (Å²) in [5, 5.41) is 16.5. The Morgan fingerprint density at radius 1 is 0.506 bits per heavy atom. The van der Waals surface area contributed by atoms with Crippen molar-refractivity contribution in [1.82, 2.24) is 48.6 Å². The van der Waals surface area contributed by atoms with Gasteiger partial charge in [-0.3, -0.25) is 19.0 Å². The fourth-order valence-electron chi connectivity index (χ4n) is 8.95. The number of aryl methyl sites for hydroxylation is 5. The fourth-order valence-corrected chi connectivity index (χ4v) is 9.09. The second kappa shape index (κ2) is 23.0. The van der Waals surface area contributed by atoms with Gasteiger partial charge < -0.3 is 25.1 Å². The molecular weight excluding hydrogens is 1040 g/mol. The van der Waals surface area contributed by atoms with E-state index in [0.29, 0.717) is 45.2 Å². The highest BCUT2D eigenvalue weighted by atomic mass is 35.5. The fraction of sp³-hybridized carbons (Fsp3) is 0.210. The molecule has 11 rings (SSSR count). The van der Waals surface area contributed by atoms with Crippen molar-refractivity contribution in [2.45, 2.75) is 73.5 Å². The Bertz CT molecular complexity index is 4170. The van der Waals surface area contributed by atoms with Crippen LogP contribution in [0.15, 0.2) is 152 Å². The third-order valence-electron chi connectivity index (χ3n) is 12.8. The molecule has 0 aliphatic heterocycles. The molecule has 412 valence electrons. The van der Waals surface area contributed by atoms with Crippen molar-refractivity contribution in [2.24, 2.45) is 14.1 Å². The van der Waals surface area contributed by atoms with Crippen LogP contribution in [0, 0.1) is 20.8 Å². The van der Waals surface area contributed by atoms with Gasteiger partial charge in [0.25, 0.3) is 11.8 Å². The van der Waals surface area contributed by atoms with Gasteiger partial charge in [-0.2, -0.15) is 10.2 Å². The first-order chi connectivity index (χ1) is 38.5. The molecule has 18 nitrogen and oxygen atoms in total. The molecule has 0 saturated carbocycles. The summed E-state index contributed by atoms with van der Waals surface area (Å²) in [5.74, 6) is 0.240. The Balaban J connectivity index is 0.000000149. The van der Waals surface area contributed by atoms with Gasteiger partial charge in [0.2, 0.25) is 0 Å². The van der Waals surface area contributed by atoms with E-state index in [1.54, 1.807) is 56.8 Å². The standard InChI is InChI=1S/C24H25N5O3.C19H19ClN2O2.C19H17N5O/c1-15-8-6-7-9-17(15)19-14-16-10-11-20(27-22(30)18-12-13-25-28(18)5)26-21(16)29(19)23(31)32-24(2,3)4;1-12-7-5-6-8-14(12)15-11-13-9-10-16(20)21-17(13)22(15)18(23)24-19(2,3)4;1-12-5-3-4-6-14(12)15-11-13-7-8-17(22-18(13)21-15)23-19(25)16-9-10-20-24(16)2/h6-14H,1-5H3,(H,26,27,30);5-11H,1-4H3;3-11H,1-2H3,(H2,21,22,23,25). The Labute approximate surface area is 472 Å². The van der Waals surface area contributed by atoms with E-state index < -0.39 is 23.4 Å². The molecule has 0 fully saturated rings. The number of carbonyl (C=O) groups is 4. The van der Waals surface area contributed by atoms with Crippen molar-refractivity contribution in [2.75, 3.05) is 10.6 Å². The highest BCUT2D eigenvalue weighted by molar-refractivity contribution is 6.29. The van der Waals surface area contributed by atoms with E-state index in [0.717, 1.165) is 61.0 Å². The molecule has 3 aromatic carbocycles. The molecule has 2 amide bonds. The summed E-state index contributed by atoms with van der Waals surface area (Å²) in [5.41, 5.74) is 9.94. The number of pyridine rings is 3. The van der Waals surface area contributed by atoms with Crippen molar-refractivity contribution < 1.29 is 28.7 Å². The van der Waals surface area contributed by atoms with Crippen LogP contribution in [0.4, 0.5) is 21.2 Å². The zero-order valence-corrected chi connectivity index (χ0v) is 47.5. The first kappa shape index (κ1) is 56.1. The number of nitrogens with zero attached hydrogens (tertiary/aromatic N) is 9. The van der Waals surface area contributed by atoms with Crippen LogP contribution in [-0.2, 0) is 23.6 Å². The van der Waals surface area contributed by atoms with Crippen LogP contribution in [0.3, 0.4) is 0 Å². The minimum atomic E-state index is -0.679. The highest BCUT2D eigenvalue weighted by Gasteiger charge is 2.27. The Morgan fingerprint density at radius 3 is 1.37 bits per heavy atom. The number of rotatable bonds is 7. The van der Waals surface area contributed by atoms with Crippen molar-refractivity contribution in [3.8, 4) is 33.8 Å². The summed E-state index contributed by atoms with van der Waals surface area (Å²) in [6, 6.07) is 43.9. The first-order valence-electron chi connectivity index (χ1n) is 26.0. The van der Waals surface area contributed by atoms with Gasteiger partial charge in [0.05, 0.1) is 11.4 Å². The predicted molar refractivity (Wildman–Crippen MR) is 317 cm³/mol. The van der Waals surface area contributed by atoms with E-state index in [4.69, 9.17) is 21.1 Å². The minimum Gasteiger partial charge on any atom is -0.443 e. The summed E-state index contributed by atoms with van der Waals surface area (Å²) >= 11 is 6.04. The van der Waals surface area contributed by atoms with Crippen LogP contribution in [0.1, 0.15) is 79.2 Å². The van der Waals surface area contributed by atoms with Gasteiger partial charge in [0.1, 0.15) is 45.0 Å². The lowest BCUT2D eigenvalue weighted by molar-refractivity contribution is 0.0534. The number of ether oxygens (including phenoxy) is 2. The lowest BCUT2D eigenvalue weighted by Crippen LogP contribution is -2.27. The molecule has 0 bridgehead atoms. The quantitative estimate of drug-likeness (QED) is 0.128. The van der Waals surface area contributed by atoms with Crippen molar-refractivity contribution in [3.63, 3.8) is 0 Å². The molecule has 0 atom stereocenters. The van der Waals surface area contributed by atoms with Gasteiger partial charge in [0, 0.05) is 65.0 Å². The maximum atomic E-state index is 13.2. The molecule has 0 radical (unpaired) electrons. The normalized spacial score (nSPS) is 11.4. The number of fused-ring (bicyclic) bond motifs is 3. The molecule has 8 heterocycles. The number of nitrogens with one attached hydrogen (secondary N) is 3. The molecule has 3 N–H and O–H groups in total. The molecule has 0 aliphatic carbocycles. The molecule has 11 aromatic rings. The molecule has 8 aromatic heterocycles. The summed E-state index contributed by atoms with van der Waals surface area (Å²) in [7, 11) is 3.42. The number of H-pyrrole nitrogens is 1. The Hall–Kier alpha value is -9.68. The van der Waals surface area contributed by atoms with E-state index in [2.05, 4.69) is 65.9 Å². The van der Waals surface area contributed by atoms with Crippen LogP contribution in [0.5, 0.6) is 0 Å². The summed E-state index contributed by atoms with van der Waals surface area (Å²) in [6.45, 7) is 17.0. The van der Waals surface area contributed by atoms with Crippen molar-refractivity contribution in [3.05, 3.63) is 185 Å². The molecule has 0 spiro atoms. The molecule has 0 unspecified atom stereocenters. The maximum Gasteiger partial charge on any atom is 0.420 e. The number of aromatic nitrogens is 10. The number of anilines is 2. The number of hydrogen-bond acceptors (Lipinski definition) is 11. The van der Waals surface area contributed by atoms with E-state index in [9.17, 15) is 19.2 Å². The average molecular weight is 1110 g/mol. The third-order valence-corrected chi connectivity index (χ3v) is 13.0. The summed E-state index contributed by atoms with van der Waals surface area (Å²) < 4.78 is 17.2. The van der Waals surface area contributed by atoms with Crippen LogP contribution in [0.2, 0.25) is 5.15 Å². The summed E-state index contributed by atoms with van der Waals surface area (Å²) in [4.78, 5) is 67.7. The number of amides is 2. The van der Waals surface area contributed by atoms with Crippen LogP contribution in [0.25, 0.3) is 66.9 Å².